The fraction of sp³-hybridized carbons (Fsp3) is 0.353. The summed E-state index contributed by atoms with van der Waals surface area (Å²) in [5, 5.41) is 3.39. The molecule has 1 aromatic carbocycles. The van der Waals surface area contributed by atoms with Gasteiger partial charge in [-0.15, -0.1) is 0 Å². The first-order valence-electron chi connectivity index (χ1n) is 6.86. The van der Waals surface area contributed by atoms with Crippen molar-refractivity contribution in [2.75, 3.05) is 7.05 Å². The quantitative estimate of drug-likeness (QED) is 0.902. The van der Waals surface area contributed by atoms with Gasteiger partial charge in [-0.2, -0.15) is 0 Å². The van der Waals surface area contributed by atoms with E-state index in [1.807, 2.05) is 14.0 Å². The van der Waals surface area contributed by atoms with Crippen LogP contribution >= 0.6 is 0 Å². The molecule has 0 aliphatic rings. The lowest BCUT2D eigenvalue weighted by Gasteiger charge is -2.19. The molecule has 1 N–H and O–H groups in total. The fourth-order valence-corrected chi connectivity index (χ4v) is 2.45. The summed E-state index contributed by atoms with van der Waals surface area (Å²) in [5.74, 6) is 0. The van der Waals surface area contributed by atoms with E-state index in [0.717, 1.165) is 17.8 Å². The monoisotopic (exact) mass is 254 g/mol. The maximum atomic E-state index is 4.56. The Bertz CT molecular complexity index is 544. The molecule has 0 fully saturated rings. The predicted molar refractivity (Wildman–Crippen MR) is 80.4 cm³/mol. The molecule has 19 heavy (non-hydrogen) atoms. The summed E-state index contributed by atoms with van der Waals surface area (Å²) in [6.45, 7) is 6.28. The number of hydrogen-bond acceptors (Lipinski definition) is 2. The summed E-state index contributed by atoms with van der Waals surface area (Å²) in [6, 6.07) is 13.3. The summed E-state index contributed by atoms with van der Waals surface area (Å²) >= 11 is 0. The predicted octanol–water partition coefficient (Wildman–Crippen LogP) is 3.57. The number of nitrogens with one attached hydrogen (secondary N) is 1. The topological polar surface area (TPSA) is 24.9 Å². The lowest BCUT2D eigenvalue weighted by molar-refractivity contribution is 0.682. The van der Waals surface area contributed by atoms with Gasteiger partial charge in [-0.1, -0.05) is 37.3 Å². The first-order valence-corrected chi connectivity index (χ1v) is 6.86. The lowest BCUT2D eigenvalue weighted by Crippen LogP contribution is -2.19. The molecule has 1 unspecified atom stereocenters. The van der Waals surface area contributed by atoms with E-state index >= 15 is 0 Å². The van der Waals surface area contributed by atoms with Crippen molar-refractivity contribution >= 4 is 0 Å². The first kappa shape index (κ1) is 13.8. The molecule has 1 aromatic heterocycles. The van der Waals surface area contributed by atoms with Gasteiger partial charge in [-0.05, 0) is 50.1 Å². The summed E-state index contributed by atoms with van der Waals surface area (Å²) in [5.41, 5.74) is 6.07. The van der Waals surface area contributed by atoms with Gasteiger partial charge in [0.15, 0.2) is 0 Å². The number of aromatic nitrogens is 1. The SMILES string of the molecule is CCc1ccc(C(NC)c2ccc(C)nc2C)cc1. The van der Waals surface area contributed by atoms with Crippen LogP contribution in [0.1, 0.15) is 41.0 Å². The van der Waals surface area contributed by atoms with Crippen LogP contribution < -0.4 is 5.32 Å². The van der Waals surface area contributed by atoms with E-state index < -0.39 is 0 Å². The molecule has 0 aliphatic carbocycles. The Morgan fingerprint density at radius 1 is 1.05 bits per heavy atom. The summed E-state index contributed by atoms with van der Waals surface area (Å²) < 4.78 is 0. The van der Waals surface area contributed by atoms with Crippen molar-refractivity contribution in [3.05, 3.63) is 64.5 Å². The fourth-order valence-electron chi connectivity index (χ4n) is 2.45. The van der Waals surface area contributed by atoms with E-state index in [1.54, 1.807) is 0 Å². The highest BCUT2D eigenvalue weighted by Crippen LogP contribution is 2.24. The van der Waals surface area contributed by atoms with Crippen molar-refractivity contribution in [1.29, 1.82) is 0 Å². The second-order valence-electron chi connectivity index (χ2n) is 4.94. The third-order valence-corrected chi connectivity index (χ3v) is 3.59. The lowest BCUT2D eigenvalue weighted by atomic mass is 9.96. The van der Waals surface area contributed by atoms with Crippen LogP contribution in [0.25, 0.3) is 0 Å². The standard InChI is InChI=1S/C17H22N2/c1-5-14-7-9-15(10-8-14)17(18-4)16-11-6-12(2)19-13(16)3/h6-11,17-18H,5H2,1-4H3. The molecule has 0 amide bonds. The molecule has 1 atom stereocenters. The van der Waals surface area contributed by atoms with Gasteiger partial charge < -0.3 is 5.32 Å². The third-order valence-electron chi connectivity index (χ3n) is 3.59. The van der Waals surface area contributed by atoms with Crippen LogP contribution in [-0.4, -0.2) is 12.0 Å². The minimum Gasteiger partial charge on any atom is -0.309 e. The Hall–Kier alpha value is -1.67. The van der Waals surface area contributed by atoms with Gasteiger partial charge in [-0.25, -0.2) is 0 Å². The minimum absolute atomic E-state index is 0.207. The van der Waals surface area contributed by atoms with Crippen molar-refractivity contribution in [2.45, 2.75) is 33.2 Å². The molecule has 2 rings (SSSR count). The average Bonchev–Trinajstić information content (AvgIpc) is 2.42. The molecule has 0 radical (unpaired) electrons. The maximum Gasteiger partial charge on any atom is 0.0592 e. The molecule has 0 saturated heterocycles. The highest BCUT2D eigenvalue weighted by Gasteiger charge is 2.14. The van der Waals surface area contributed by atoms with Crippen LogP contribution in [0.2, 0.25) is 0 Å². The second-order valence-corrected chi connectivity index (χ2v) is 4.94. The van der Waals surface area contributed by atoms with Gasteiger partial charge >= 0.3 is 0 Å². The van der Waals surface area contributed by atoms with E-state index in [1.165, 1.54) is 16.7 Å². The molecular weight excluding hydrogens is 232 g/mol. The van der Waals surface area contributed by atoms with E-state index in [2.05, 4.69) is 60.5 Å². The van der Waals surface area contributed by atoms with Gasteiger partial charge in [0.25, 0.3) is 0 Å². The van der Waals surface area contributed by atoms with Crippen LogP contribution in [0, 0.1) is 13.8 Å². The van der Waals surface area contributed by atoms with Gasteiger partial charge in [0.05, 0.1) is 6.04 Å². The van der Waals surface area contributed by atoms with Crippen LogP contribution in [-0.2, 0) is 6.42 Å². The van der Waals surface area contributed by atoms with Crippen LogP contribution in [0.5, 0.6) is 0 Å². The number of hydrogen-bond donors (Lipinski definition) is 1. The molecular formula is C17H22N2. The maximum absolute atomic E-state index is 4.56. The normalized spacial score (nSPS) is 12.4. The highest BCUT2D eigenvalue weighted by molar-refractivity contribution is 5.36. The molecule has 0 bridgehead atoms. The van der Waals surface area contributed by atoms with Crippen molar-refractivity contribution in [1.82, 2.24) is 10.3 Å². The highest BCUT2D eigenvalue weighted by atomic mass is 14.9. The number of pyridine rings is 1. The number of nitrogens with zero attached hydrogens (tertiary/aromatic N) is 1. The molecule has 1 heterocycles. The molecule has 0 spiro atoms. The number of benzene rings is 1. The Kier molecular flexibility index (Phi) is 4.33. The summed E-state index contributed by atoms with van der Waals surface area (Å²) in [7, 11) is 2.00. The molecule has 0 saturated carbocycles. The molecule has 100 valence electrons. The van der Waals surface area contributed by atoms with Gasteiger partial charge in [0.2, 0.25) is 0 Å². The Balaban J connectivity index is 2.37. The summed E-state index contributed by atoms with van der Waals surface area (Å²) in [4.78, 5) is 4.56. The molecule has 2 nitrogen and oxygen atoms in total. The largest absolute Gasteiger partial charge is 0.309 e. The Morgan fingerprint density at radius 2 is 1.74 bits per heavy atom. The molecule has 2 heteroatoms. The first-order chi connectivity index (χ1) is 9.15. The van der Waals surface area contributed by atoms with E-state index in [0.29, 0.717) is 0 Å². The van der Waals surface area contributed by atoms with Gasteiger partial charge in [0.1, 0.15) is 0 Å². The van der Waals surface area contributed by atoms with Crippen molar-refractivity contribution in [3.63, 3.8) is 0 Å². The Morgan fingerprint density at radius 3 is 2.26 bits per heavy atom. The smallest absolute Gasteiger partial charge is 0.0592 e. The van der Waals surface area contributed by atoms with E-state index in [-0.39, 0.29) is 6.04 Å². The van der Waals surface area contributed by atoms with E-state index in [9.17, 15) is 0 Å². The van der Waals surface area contributed by atoms with E-state index in [4.69, 9.17) is 0 Å². The minimum atomic E-state index is 0.207. The molecule has 2 aromatic rings. The zero-order valence-electron chi connectivity index (χ0n) is 12.2. The third kappa shape index (κ3) is 3.02. The Labute approximate surface area is 115 Å². The van der Waals surface area contributed by atoms with Crippen LogP contribution in [0.3, 0.4) is 0 Å². The number of aryl methyl sites for hydroxylation is 3. The zero-order valence-corrected chi connectivity index (χ0v) is 12.2. The van der Waals surface area contributed by atoms with Crippen LogP contribution in [0.15, 0.2) is 36.4 Å². The molecule has 0 aliphatic heterocycles. The zero-order chi connectivity index (χ0) is 13.8. The van der Waals surface area contributed by atoms with Crippen molar-refractivity contribution in [3.8, 4) is 0 Å². The van der Waals surface area contributed by atoms with Crippen LogP contribution in [0.4, 0.5) is 0 Å². The van der Waals surface area contributed by atoms with Crippen molar-refractivity contribution in [2.24, 2.45) is 0 Å². The van der Waals surface area contributed by atoms with Gasteiger partial charge in [-0.3, -0.25) is 4.98 Å². The van der Waals surface area contributed by atoms with Crippen molar-refractivity contribution < 1.29 is 0 Å². The summed E-state index contributed by atoms with van der Waals surface area (Å²) in [6.07, 6.45) is 1.08. The average molecular weight is 254 g/mol. The second kappa shape index (κ2) is 5.98. The van der Waals surface area contributed by atoms with Gasteiger partial charge in [0, 0.05) is 11.4 Å². The number of rotatable bonds is 4.